The van der Waals surface area contributed by atoms with Crippen molar-refractivity contribution >= 4 is 17.6 Å². The number of aromatic carboxylic acids is 1. The van der Waals surface area contributed by atoms with Crippen molar-refractivity contribution in [2.45, 2.75) is 55.3 Å². The second-order valence-corrected chi connectivity index (χ2v) is 12.7. The number of piperidine rings is 1. The molecule has 2 aliphatic heterocycles. The Bertz CT molecular complexity index is 1730. The van der Waals surface area contributed by atoms with Crippen LogP contribution in [0.4, 0.5) is 5.69 Å². The summed E-state index contributed by atoms with van der Waals surface area (Å²) in [6, 6.07) is 16.9. The second-order valence-electron chi connectivity index (χ2n) is 12.7. The van der Waals surface area contributed by atoms with Gasteiger partial charge >= 0.3 is 5.97 Å². The molecule has 4 atom stereocenters. The van der Waals surface area contributed by atoms with Gasteiger partial charge in [0.15, 0.2) is 17.6 Å². The van der Waals surface area contributed by atoms with E-state index in [2.05, 4.69) is 10.2 Å². The summed E-state index contributed by atoms with van der Waals surface area (Å²) in [4.78, 5) is 27.5. The zero-order chi connectivity index (χ0) is 29.7. The number of aromatic hydroxyl groups is 1. The molecule has 3 aromatic rings. The van der Waals surface area contributed by atoms with Gasteiger partial charge in [-0.25, -0.2) is 4.79 Å². The van der Waals surface area contributed by atoms with Crippen LogP contribution in [-0.2, 0) is 16.6 Å². The van der Waals surface area contributed by atoms with Crippen LogP contribution in [0.25, 0.3) is 11.1 Å². The number of hydrogen-bond donors (Lipinski definition) is 5. The number of carboxylic acid groups (broad SMARTS) is 1. The number of rotatable bonds is 6. The predicted octanol–water partition coefficient (Wildman–Crippen LogP) is 4.38. The number of hydrogen-bond acceptors (Lipinski definition) is 7. The van der Waals surface area contributed by atoms with Gasteiger partial charge < -0.3 is 30.5 Å². The SMILES string of the molecule is O=C(Nc1cccc(-c2ccc(C(=O)O)cc2)c1)C1=C(O)[C@@H]2Oc3c(O)ccc4c3[C@@]23CCN(CC2CC2)[C@H](C4)[C@]3(O)C1. The van der Waals surface area contributed by atoms with Crippen molar-refractivity contribution in [2.24, 2.45) is 5.92 Å². The number of aliphatic hydroxyl groups is 2. The average Bonchev–Trinajstić information content (AvgIpc) is 3.74. The van der Waals surface area contributed by atoms with Gasteiger partial charge in [0.05, 0.1) is 22.2 Å². The van der Waals surface area contributed by atoms with E-state index < -0.39 is 29.0 Å². The first-order valence-electron chi connectivity index (χ1n) is 14.8. The van der Waals surface area contributed by atoms with Gasteiger partial charge in [-0.05, 0) is 85.2 Å². The second kappa shape index (κ2) is 9.08. The minimum atomic E-state index is -1.39. The fourth-order valence-corrected chi connectivity index (χ4v) is 8.16. The van der Waals surface area contributed by atoms with E-state index in [4.69, 9.17) is 4.74 Å². The average molecular weight is 581 g/mol. The first-order valence-corrected chi connectivity index (χ1v) is 14.8. The topological polar surface area (TPSA) is 140 Å². The lowest BCUT2D eigenvalue weighted by Crippen LogP contribution is -2.75. The molecule has 9 heteroatoms. The lowest BCUT2D eigenvalue weighted by Gasteiger charge is -2.62. The molecule has 5 N–H and O–H groups in total. The Morgan fingerprint density at radius 1 is 1.02 bits per heavy atom. The Hall–Kier alpha value is -4.34. The van der Waals surface area contributed by atoms with Gasteiger partial charge in [0.1, 0.15) is 5.76 Å². The number of likely N-dealkylation sites (tertiary alicyclic amines) is 1. The monoisotopic (exact) mass is 580 g/mol. The molecule has 1 saturated carbocycles. The molecule has 9 nitrogen and oxygen atoms in total. The van der Waals surface area contributed by atoms with E-state index in [1.807, 2.05) is 12.1 Å². The van der Waals surface area contributed by atoms with E-state index in [0.29, 0.717) is 30.2 Å². The Kier molecular flexibility index (Phi) is 5.55. The summed E-state index contributed by atoms with van der Waals surface area (Å²) >= 11 is 0. The highest BCUT2D eigenvalue weighted by Gasteiger charge is 2.73. The molecule has 2 heterocycles. The highest BCUT2D eigenvalue weighted by molar-refractivity contribution is 6.05. The molecule has 3 aromatic carbocycles. The summed E-state index contributed by atoms with van der Waals surface area (Å²) in [7, 11) is 0. The number of phenolic OH excluding ortho intramolecular Hbond substituents is 1. The van der Waals surface area contributed by atoms with Gasteiger partial charge in [0.25, 0.3) is 5.91 Å². The molecule has 0 radical (unpaired) electrons. The van der Waals surface area contributed by atoms with Crippen molar-refractivity contribution in [1.29, 1.82) is 0 Å². The van der Waals surface area contributed by atoms with Gasteiger partial charge in [0, 0.05) is 30.3 Å². The fraction of sp³-hybridized carbons (Fsp3) is 0.353. The summed E-state index contributed by atoms with van der Waals surface area (Å²) in [6.45, 7) is 1.64. The van der Waals surface area contributed by atoms with Gasteiger partial charge in [-0.1, -0.05) is 30.3 Å². The van der Waals surface area contributed by atoms with Crippen LogP contribution in [0.2, 0.25) is 0 Å². The highest BCUT2D eigenvalue weighted by Crippen LogP contribution is 2.66. The van der Waals surface area contributed by atoms with E-state index in [-0.39, 0.29) is 35.1 Å². The number of nitrogens with zero attached hydrogens (tertiary/aromatic N) is 1. The smallest absolute Gasteiger partial charge is 0.335 e. The predicted molar refractivity (Wildman–Crippen MR) is 157 cm³/mol. The van der Waals surface area contributed by atoms with Crippen molar-refractivity contribution in [3.05, 3.63) is 88.7 Å². The standard InChI is InChI=1S/C34H32N2O7/c37-25-11-10-22-15-26-34(42)16-24(28(38)30-33(34,27(22)29(25)43-30)12-13-36(26)17-18-4-5-18)31(39)35-23-3-1-2-21(14-23)19-6-8-20(9-7-19)32(40)41/h1-3,6-11,14,18,26,30,37-38,42H,4-5,12-13,15-17H2,(H,35,39)(H,40,41)/t26-,30+,33+,34-/m1/s1. The molecule has 0 aromatic heterocycles. The fourth-order valence-electron chi connectivity index (χ4n) is 8.16. The molecular weight excluding hydrogens is 548 g/mol. The molecule has 5 aliphatic rings. The van der Waals surface area contributed by atoms with E-state index in [1.54, 1.807) is 36.4 Å². The Morgan fingerprint density at radius 3 is 2.56 bits per heavy atom. The lowest BCUT2D eigenvalue weighted by molar-refractivity contribution is -0.172. The first kappa shape index (κ1) is 26.3. The molecule has 3 aliphatic carbocycles. The van der Waals surface area contributed by atoms with E-state index in [9.17, 15) is 30.0 Å². The van der Waals surface area contributed by atoms with Crippen LogP contribution in [0.15, 0.2) is 72.0 Å². The van der Waals surface area contributed by atoms with Gasteiger partial charge in [-0.3, -0.25) is 9.69 Å². The van der Waals surface area contributed by atoms with Crippen LogP contribution in [0.3, 0.4) is 0 Å². The maximum Gasteiger partial charge on any atom is 0.335 e. The van der Waals surface area contributed by atoms with Crippen molar-refractivity contribution in [2.75, 3.05) is 18.4 Å². The third-order valence-corrected chi connectivity index (χ3v) is 10.4. The zero-order valence-electron chi connectivity index (χ0n) is 23.4. The van der Waals surface area contributed by atoms with Gasteiger partial charge in [0.2, 0.25) is 0 Å². The number of aliphatic hydroxyl groups excluding tert-OH is 1. The van der Waals surface area contributed by atoms with Crippen molar-refractivity contribution < 1.29 is 34.8 Å². The molecule has 220 valence electrons. The molecule has 2 bridgehead atoms. The summed E-state index contributed by atoms with van der Waals surface area (Å²) in [5.74, 6) is -0.857. The number of benzene rings is 3. The number of phenols is 1. The van der Waals surface area contributed by atoms with Crippen molar-refractivity contribution in [3.63, 3.8) is 0 Å². The van der Waals surface area contributed by atoms with Crippen LogP contribution in [0.1, 0.15) is 47.2 Å². The minimum Gasteiger partial charge on any atom is -0.508 e. The third-order valence-electron chi connectivity index (χ3n) is 10.4. The van der Waals surface area contributed by atoms with Crippen LogP contribution >= 0.6 is 0 Å². The summed E-state index contributed by atoms with van der Waals surface area (Å²) in [5, 5.41) is 47.3. The third kappa shape index (κ3) is 3.71. The molecule has 43 heavy (non-hydrogen) atoms. The minimum absolute atomic E-state index is 0.0317. The summed E-state index contributed by atoms with van der Waals surface area (Å²) < 4.78 is 6.29. The Morgan fingerprint density at radius 2 is 1.81 bits per heavy atom. The number of carboxylic acids is 1. The summed E-state index contributed by atoms with van der Waals surface area (Å²) in [5.41, 5.74) is 1.76. The van der Waals surface area contributed by atoms with Crippen LogP contribution in [0, 0.1) is 5.92 Å². The summed E-state index contributed by atoms with van der Waals surface area (Å²) in [6.07, 6.45) is 2.46. The molecule has 0 unspecified atom stereocenters. The van der Waals surface area contributed by atoms with Crippen molar-refractivity contribution in [3.8, 4) is 22.6 Å². The van der Waals surface area contributed by atoms with E-state index in [1.165, 1.54) is 25.0 Å². The molecule has 1 saturated heterocycles. The highest BCUT2D eigenvalue weighted by atomic mass is 16.5. The van der Waals surface area contributed by atoms with Gasteiger partial charge in [-0.15, -0.1) is 0 Å². The number of amides is 1. The van der Waals surface area contributed by atoms with Crippen LogP contribution in [-0.4, -0.2) is 68.0 Å². The Balaban J connectivity index is 1.15. The molecule has 1 amide bonds. The lowest BCUT2D eigenvalue weighted by atomic mass is 9.49. The number of ether oxygens (including phenoxy) is 1. The molecule has 1 spiro atoms. The number of carbonyl (C=O) groups excluding carboxylic acids is 1. The zero-order valence-corrected chi connectivity index (χ0v) is 23.4. The normalized spacial score (nSPS) is 28.7. The largest absolute Gasteiger partial charge is 0.508 e. The van der Waals surface area contributed by atoms with Crippen LogP contribution in [0.5, 0.6) is 11.5 Å². The number of nitrogens with one attached hydrogen (secondary N) is 1. The maximum atomic E-state index is 13.9. The molecule has 8 rings (SSSR count). The van der Waals surface area contributed by atoms with Gasteiger partial charge in [-0.2, -0.15) is 0 Å². The number of carbonyl (C=O) groups is 2. The Labute approximate surface area is 248 Å². The molecular formula is C34H32N2O7. The van der Waals surface area contributed by atoms with E-state index in [0.717, 1.165) is 35.3 Å². The first-order chi connectivity index (χ1) is 20.7. The van der Waals surface area contributed by atoms with E-state index >= 15 is 0 Å². The molecule has 2 fully saturated rings. The number of anilines is 1. The van der Waals surface area contributed by atoms with Crippen molar-refractivity contribution in [1.82, 2.24) is 4.90 Å². The van der Waals surface area contributed by atoms with Crippen LogP contribution < -0.4 is 10.1 Å². The quantitative estimate of drug-likeness (QED) is 0.290. The maximum absolute atomic E-state index is 13.9.